The Bertz CT molecular complexity index is 1010. The van der Waals surface area contributed by atoms with Gasteiger partial charge in [0.05, 0.1) is 12.1 Å². The van der Waals surface area contributed by atoms with E-state index in [2.05, 4.69) is 10.2 Å². The van der Waals surface area contributed by atoms with Gasteiger partial charge in [-0.15, -0.1) is 0 Å². The fourth-order valence-corrected chi connectivity index (χ4v) is 4.41. The Kier molecular flexibility index (Phi) is 5.38. The Balaban J connectivity index is 1.48. The second kappa shape index (κ2) is 8.10. The van der Waals surface area contributed by atoms with Gasteiger partial charge in [-0.2, -0.15) is 16.4 Å². The van der Waals surface area contributed by atoms with E-state index >= 15 is 0 Å². The molecule has 0 spiro atoms. The monoisotopic (exact) mass is 400 g/mol. The van der Waals surface area contributed by atoms with Crippen LogP contribution in [0.15, 0.2) is 45.9 Å². The van der Waals surface area contributed by atoms with Crippen LogP contribution in [0.25, 0.3) is 5.69 Å². The fraction of sp³-hybridized carbons (Fsp3) is 0.350. The number of aromatic amines is 1. The zero-order valence-electron chi connectivity index (χ0n) is 15.3. The number of halogens is 1. The van der Waals surface area contributed by atoms with Gasteiger partial charge in [0.2, 0.25) is 5.91 Å². The van der Waals surface area contributed by atoms with Crippen LogP contribution in [0.5, 0.6) is 0 Å². The highest BCUT2D eigenvalue weighted by molar-refractivity contribution is 7.08. The van der Waals surface area contributed by atoms with Crippen LogP contribution in [0.3, 0.4) is 0 Å². The quantitative estimate of drug-likeness (QED) is 0.716. The second-order valence-corrected chi connectivity index (χ2v) is 7.87. The van der Waals surface area contributed by atoms with Crippen molar-refractivity contribution in [3.63, 3.8) is 0 Å². The normalized spacial score (nSPS) is 17.0. The lowest BCUT2D eigenvalue weighted by Crippen LogP contribution is -2.41. The summed E-state index contributed by atoms with van der Waals surface area (Å²) < 4.78 is 15.5. The molecule has 1 fully saturated rings. The van der Waals surface area contributed by atoms with Crippen molar-refractivity contribution in [3.05, 3.63) is 68.8 Å². The average Bonchev–Trinajstić information content (AvgIpc) is 3.33. The van der Waals surface area contributed by atoms with Gasteiger partial charge in [-0.05, 0) is 53.3 Å². The molecule has 0 unspecified atom stereocenters. The van der Waals surface area contributed by atoms with E-state index in [1.165, 1.54) is 10.6 Å². The number of rotatable bonds is 5. The van der Waals surface area contributed by atoms with E-state index < -0.39 is 11.5 Å². The Labute approximate surface area is 165 Å². The first kappa shape index (κ1) is 18.6. The number of carbonyl (C=O) groups excluding carboxylic acids is 1. The summed E-state index contributed by atoms with van der Waals surface area (Å²) in [5, 5.41) is 10.5. The lowest BCUT2D eigenvalue weighted by molar-refractivity contribution is -0.132. The number of nitrogens with zero attached hydrogens (tertiary/aromatic N) is 3. The Hall–Kier alpha value is -2.74. The zero-order valence-corrected chi connectivity index (χ0v) is 16.1. The topological polar surface area (TPSA) is 71.0 Å². The molecular weight excluding hydrogens is 379 g/mol. The molecule has 1 atom stereocenters. The molecule has 1 aliphatic heterocycles. The van der Waals surface area contributed by atoms with E-state index in [1.54, 1.807) is 29.5 Å². The largest absolute Gasteiger partial charge is 0.348 e. The number of hydrogen-bond donors (Lipinski definition) is 1. The van der Waals surface area contributed by atoms with Gasteiger partial charge in [0.15, 0.2) is 0 Å². The summed E-state index contributed by atoms with van der Waals surface area (Å²) in [6.07, 6.45) is 2.78. The van der Waals surface area contributed by atoms with Crippen LogP contribution >= 0.6 is 11.3 Å². The standard InChI is InChI=1S/C20H21FN4O2S/c21-16-5-1-2-6-17(16)25-18(22-23-20(25)27)10-14-4-3-8-24(12-14)19(26)11-15-7-9-28-13-15/h1-2,5-7,9,13-14H,3-4,8,10-12H2,(H,23,27)/t14-/m1/s1. The number of nitrogens with one attached hydrogen (secondary N) is 1. The van der Waals surface area contributed by atoms with Gasteiger partial charge in [-0.1, -0.05) is 12.1 Å². The third kappa shape index (κ3) is 3.91. The molecule has 3 aromatic rings. The molecule has 1 N–H and O–H groups in total. The number of carbonyl (C=O) groups is 1. The van der Waals surface area contributed by atoms with Gasteiger partial charge >= 0.3 is 5.69 Å². The molecule has 0 saturated carbocycles. The molecule has 0 bridgehead atoms. The number of thiophene rings is 1. The summed E-state index contributed by atoms with van der Waals surface area (Å²) in [5.41, 5.74) is 0.775. The van der Waals surface area contributed by atoms with Gasteiger partial charge in [0.1, 0.15) is 11.6 Å². The summed E-state index contributed by atoms with van der Waals surface area (Å²) in [5.74, 6) is 0.327. The summed E-state index contributed by atoms with van der Waals surface area (Å²) in [6, 6.07) is 8.13. The van der Waals surface area contributed by atoms with Crippen LogP contribution in [0, 0.1) is 11.7 Å². The third-order valence-corrected chi connectivity index (χ3v) is 5.85. The van der Waals surface area contributed by atoms with Crippen molar-refractivity contribution in [2.24, 2.45) is 5.92 Å². The molecule has 0 aliphatic carbocycles. The number of H-pyrrole nitrogens is 1. The van der Waals surface area contributed by atoms with Gasteiger partial charge in [-0.3, -0.25) is 4.79 Å². The fourth-order valence-electron chi connectivity index (χ4n) is 3.74. The Morgan fingerprint density at radius 3 is 2.96 bits per heavy atom. The van der Waals surface area contributed by atoms with Crippen LogP contribution in [0.2, 0.25) is 0 Å². The first-order chi connectivity index (χ1) is 13.6. The van der Waals surface area contributed by atoms with Crippen molar-refractivity contribution >= 4 is 17.2 Å². The number of aromatic nitrogens is 3. The number of benzene rings is 1. The van der Waals surface area contributed by atoms with Crippen LogP contribution in [0.4, 0.5) is 4.39 Å². The van der Waals surface area contributed by atoms with Crippen LogP contribution in [-0.4, -0.2) is 38.7 Å². The summed E-state index contributed by atoms with van der Waals surface area (Å²) in [7, 11) is 0. The third-order valence-electron chi connectivity index (χ3n) is 5.11. The van der Waals surface area contributed by atoms with Crippen molar-refractivity contribution in [3.8, 4) is 5.69 Å². The SMILES string of the molecule is O=C(Cc1ccsc1)N1CCC[C@H](Cc2n[nH]c(=O)n2-c2ccccc2F)C1. The highest BCUT2D eigenvalue weighted by Gasteiger charge is 2.26. The van der Waals surface area contributed by atoms with Crippen molar-refractivity contribution in [1.29, 1.82) is 0 Å². The van der Waals surface area contributed by atoms with Crippen LogP contribution in [0.1, 0.15) is 24.2 Å². The molecule has 4 rings (SSSR count). The number of amides is 1. The molecule has 1 aliphatic rings. The highest BCUT2D eigenvalue weighted by atomic mass is 32.1. The molecule has 3 heterocycles. The minimum atomic E-state index is -0.469. The summed E-state index contributed by atoms with van der Waals surface area (Å²) in [4.78, 5) is 26.7. The minimum Gasteiger partial charge on any atom is -0.342 e. The van der Waals surface area contributed by atoms with Crippen LogP contribution < -0.4 is 5.69 Å². The number of likely N-dealkylation sites (tertiary alicyclic amines) is 1. The van der Waals surface area contributed by atoms with Crippen molar-refractivity contribution in [1.82, 2.24) is 19.7 Å². The van der Waals surface area contributed by atoms with Crippen molar-refractivity contribution in [2.75, 3.05) is 13.1 Å². The predicted octanol–water partition coefficient (Wildman–Crippen LogP) is 2.79. The maximum absolute atomic E-state index is 14.2. The minimum absolute atomic E-state index is 0.122. The maximum Gasteiger partial charge on any atom is 0.348 e. The van der Waals surface area contributed by atoms with Gasteiger partial charge in [-0.25, -0.2) is 18.9 Å². The Morgan fingerprint density at radius 2 is 2.18 bits per heavy atom. The number of hydrogen-bond acceptors (Lipinski definition) is 4. The predicted molar refractivity (Wildman–Crippen MR) is 105 cm³/mol. The average molecular weight is 400 g/mol. The number of piperidine rings is 1. The number of para-hydroxylation sites is 1. The molecule has 1 amide bonds. The second-order valence-electron chi connectivity index (χ2n) is 7.09. The molecule has 6 nitrogen and oxygen atoms in total. The first-order valence-electron chi connectivity index (χ1n) is 9.32. The smallest absolute Gasteiger partial charge is 0.342 e. The highest BCUT2D eigenvalue weighted by Crippen LogP contribution is 2.22. The first-order valence-corrected chi connectivity index (χ1v) is 10.3. The molecule has 146 valence electrons. The van der Waals surface area contributed by atoms with Crippen molar-refractivity contribution < 1.29 is 9.18 Å². The lowest BCUT2D eigenvalue weighted by atomic mass is 9.94. The van der Waals surface area contributed by atoms with E-state index in [4.69, 9.17) is 0 Å². The molecule has 1 aromatic carbocycles. The maximum atomic E-state index is 14.2. The molecule has 2 aromatic heterocycles. The van der Waals surface area contributed by atoms with Gasteiger partial charge in [0, 0.05) is 19.5 Å². The van der Waals surface area contributed by atoms with E-state index in [-0.39, 0.29) is 17.5 Å². The zero-order chi connectivity index (χ0) is 19.5. The van der Waals surface area contributed by atoms with E-state index in [9.17, 15) is 14.0 Å². The summed E-state index contributed by atoms with van der Waals surface area (Å²) in [6.45, 7) is 1.38. The molecular formula is C20H21FN4O2S. The summed E-state index contributed by atoms with van der Waals surface area (Å²) >= 11 is 1.59. The molecule has 1 saturated heterocycles. The van der Waals surface area contributed by atoms with Gasteiger partial charge in [0.25, 0.3) is 0 Å². The molecule has 0 radical (unpaired) electrons. The van der Waals surface area contributed by atoms with E-state index in [0.717, 1.165) is 24.9 Å². The van der Waals surface area contributed by atoms with Gasteiger partial charge < -0.3 is 4.90 Å². The van der Waals surface area contributed by atoms with E-state index in [1.807, 2.05) is 21.7 Å². The Morgan fingerprint density at radius 1 is 1.32 bits per heavy atom. The lowest BCUT2D eigenvalue weighted by Gasteiger charge is -2.32. The molecule has 8 heteroatoms. The van der Waals surface area contributed by atoms with Crippen LogP contribution in [-0.2, 0) is 17.6 Å². The van der Waals surface area contributed by atoms with Crippen molar-refractivity contribution in [2.45, 2.75) is 25.7 Å². The van der Waals surface area contributed by atoms with E-state index in [0.29, 0.717) is 25.2 Å². The molecule has 28 heavy (non-hydrogen) atoms.